The molecule has 3 rings (SSSR count). The molecular formula is C16H12F3NO2S. The summed E-state index contributed by atoms with van der Waals surface area (Å²) in [6.07, 6.45) is -4.43. The second kappa shape index (κ2) is 5.81. The van der Waals surface area contributed by atoms with Gasteiger partial charge in [0.15, 0.2) is 0 Å². The van der Waals surface area contributed by atoms with Gasteiger partial charge in [-0.1, -0.05) is 18.2 Å². The predicted molar refractivity (Wildman–Crippen MR) is 82.2 cm³/mol. The van der Waals surface area contributed by atoms with E-state index in [1.165, 1.54) is 34.9 Å². The van der Waals surface area contributed by atoms with E-state index in [1.807, 2.05) is 0 Å². The van der Waals surface area contributed by atoms with Crippen LogP contribution in [0.2, 0.25) is 0 Å². The number of carbonyl (C=O) groups excluding carboxylic acids is 1. The molecule has 2 aromatic rings. The number of benzene rings is 2. The number of anilines is 1. The highest BCUT2D eigenvalue weighted by Crippen LogP contribution is 2.43. The van der Waals surface area contributed by atoms with E-state index >= 15 is 0 Å². The highest BCUT2D eigenvalue weighted by atomic mass is 32.2. The highest BCUT2D eigenvalue weighted by molar-refractivity contribution is 8.00. The summed E-state index contributed by atoms with van der Waals surface area (Å²) in [4.78, 5) is 13.6. The summed E-state index contributed by atoms with van der Waals surface area (Å²) in [5.41, 5.74) is 0.118. The van der Waals surface area contributed by atoms with Crippen LogP contribution in [-0.2, 0) is 11.0 Å². The number of phenols is 1. The van der Waals surface area contributed by atoms with Gasteiger partial charge in [-0.15, -0.1) is 11.8 Å². The summed E-state index contributed by atoms with van der Waals surface area (Å²) in [6, 6.07) is 11.1. The Morgan fingerprint density at radius 3 is 2.57 bits per heavy atom. The van der Waals surface area contributed by atoms with E-state index in [-0.39, 0.29) is 17.4 Å². The van der Waals surface area contributed by atoms with Gasteiger partial charge in [-0.05, 0) is 29.8 Å². The molecule has 1 atom stereocenters. The van der Waals surface area contributed by atoms with Gasteiger partial charge in [0, 0.05) is 11.8 Å². The molecule has 0 aromatic heterocycles. The first-order valence-corrected chi connectivity index (χ1v) is 7.81. The third kappa shape index (κ3) is 3.14. The van der Waals surface area contributed by atoms with Crippen molar-refractivity contribution in [2.45, 2.75) is 11.6 Å². The molecule has 1 N–H and O–H groups in total. The van der Waals surface area contributed by atoms with Gasteiger partial charge in [0.1, 0.15) is 11.1 Å². The van der Waals surface area contributed by atoms with Crippen LogP contribution < -0.4 is 4.90 Å². The van der Waals surface area contributed by atoms with Crippen molar-refractivity contribution in [1.82, 2.24) is 0 Å². The van der Waals surface area contributed by atoms with E-state index in [9.17, 15) is 23.1 Å². The smallest absolute Gasteiger partial charge is 0.416 e. The van der Waals surface area contributed by atoms with Crippen LogP contribution in [0.25, 0.3) is 0 Å². The molecule has 1 aliphatic rings. The molecule has 2 aromatic carbocycles. The van der Waals surface area contributed by atoms with Crippen molar-refractivity contribution in [2.75, 3.05) is 10.7 Å². The van der Waals surface area contributed by atoms with Gasteiger partial charge in [-0.3, -0.25) is 9.69 Å². The molecule has 0 aliphatic carbocycles. The molecule has 1 saturated heterocycles. The Bertz CT molecular complexity index is 748. The van der Waals surface area contributed by atoms with Crippen LogP contribution in [0.4, 0.5) is 18.9 Å². The minimum atomic E-state index is -4.43. The molecule has 0 saturated carbocycles. The van der Waals surface area contributed by atoms with Crippen molar-refractivity contribution in [2.24, 2.45) is 0 Å². The number of carbonyl (C=O) groups is 1. The van der Waals surface area contributed by atoms with Crippen molar-refractivity contribution >= 4 is 23.4 Å². The lowest BCUT2D eigenvalue weighted by Gasteiger charge is -2.25. The molecule has 1 fully saturated rings. The Kier molecular flexibility index (Phi) is 3.97. The van der Waals surface area contributed by atoms with Crippen molar-refractivity contribution in [3.05, 3.63) is 59.7 Å². The largest absolute Gasteiger partial charge is 0.508 e. The third-order valence-electron chi connectivity index (χ3n) is 3.47. The molecule has 7 heteroatoms. The van der Waals surface area contributed by atoms with Gasteiger partial charge >= 0.3 is 6.18 Å². The zero-order chi connectivity index (χ0) is 16.6. The third-order valence-corrected chi connectivity index (χ3v) is 4.69. The van der Waals surface area contributed by atoms with Gasteiger partial charge in [-0.2, -0.15) is 13.2 Å². The van der Waals surface area contributed by atoms with Gasteiger partial charge in [0.2, 0.25) is 5.91 Å². The summed E-state index contributed by atoms with van der Waals surface area (Å²) in [7, 11) is 0. The van der Waals surface area contributed by atoms with Gasteiger partial charge < -0.3 is 5.11 Å². The molecule has 0 spiro atoms. The number of nitrogens with zero attached hydrogens (tertiary/aromatic N) is 1. The number of phenolic OH excluding ortho intramolecular Hbond substituents is 1. The minimum Gasteiger partial charge on any atom is -0.508 e. The number of hydrogen-bond acceptors (Lipinski definition) is 3. The Hall–Kier alpha value is -2.15. The van der Waals surface area contributed by atoms with Crippen LogP contribution >= 0.6 is 11.8 Å². The van der Waals surface area contributed by atoms with Gasteiger partial charge in [-0.25, -0.2) is 0 Å². The molecule has 120 valence electrons. The summed E-state index contributed by atoms with van der Waals surface area (Å²) < 4.78 is 38.7. The van der Waals surface area contributed by atoms with E-state index in [0.717, 1.165) is 12.1 Å². The number of hydrogen-bond donors (Lipinski definition) is 1. The zero-order valence-corrected chi connectivity index (χ0v) is 12.6. The molecule has 1 aliphatic heterocycles. The van der Waals surface area contributed by atoms with E-state index in [4.69, 9.17) is 0 Å². The monoisotopic (exact) mass is 339 g/mol. The normalized spacial score (nSPS) is 18.5. The Morgan fingerprint density at radius 2 is 1.87 bits per heavy atom. The van der Waals surface area contributed by atoms with Crippen LogP contribution in [0.3, 0.4) is 0 Å². The molecule has 23 heavy (non-hydrogen) atoms. The lowest BCUT2D eigenvalue weighted by atomic mass is 10.1. The van der Waals surface area contributed by atoms with Crippen LogP contribution in [0.15, 0.2) is 48.5 Å². The number of halogens is 3. The first-order valence-electron chi connectivity index (χ1n) is 6.76. The van der Waals surface area contributed by atoms with E-state index in [2.05, 4.69) is 0 Å². The quantitative estimate of drug-likeness (QED) is 0.892. The maximum atomic E-state index is 12.9. The van der Waals surface area contributed by atoms with Gasteiger partial charge in [0.05, 0.1) is 11.3 Å². The topological polar surface area (TPSA) is 40.5 Å². The van der Waals surface area contributed by atoms with Crippen LogP contribution in [0, 0.1) is 0 Å². The zero-order valence-electron chi connectivity index (χ0n) is 11.7. The predicted octanol–water partition coefficient (Wildman–Crippen LogP) is 4.19. The number of thioether (sulfide) groups is 1. The number of rotatable bonds is 2. The van der Waals surface area contributed by atoms with Crippen LogP contribution in [0.5, 0.6) is 5.75 Å². The maximum Gasteiger partial charge on any atom is 0.416 e. The molecule has 0 bridgehead atoms. The molecule has 1 amide bonds. The molecule has 0 radical (unpaired) electrons. The molecule has 1 unspecified atom stereocenters. The first-order chi connectivity index (χ1) is 10.9. The Morgan fingerprint density at radius 1 is 1.13 bits per heavy atom. The van der Waals surface area contributed by atoms with Crippen LogP contribution in [-0.4, -0.2) is 16.8 Å². The summed E-state index contributed by atoms with van der Waals surface area (Å²) in [5, 5.41) is 9.02. The summed E-state index contributed by atoms with van der Waals surface area (Å²) >= 11 is 1.26. The number of amides is 1. The van der Waals surface area contributed by atoms with E-state index < -0.39 is 17.1 Å². The second-order valence-electron chi connectivity index (χ2n) is 5.07. The number of aromatic hydroxyl groups is 1. The highest BCUT2D eigenvalue weighted by Gasteiger charge is 2.36. The maximum absolute atomic E-state index is 12.9. The lowest BCUT2D eigenvalue weighted by molar-refractivity contribution is -0.137. The van der Waals surface area contributed by atoms with Crippen molar-refractivity contribution in [3.8, 4) is 5.75 Å². The second-order valence-corrected chi connectivity index (χ2v) is 6.14. The minimum absolute atomic E-state index is 0.00464. The fourth-order valence-corrected chi connectivity index (χ4v) is 3.63. The number of alkyl halides is 3. The SMILES string of the molecule is O=C1CSC(c2cccc(C(F)(F)F)c2)N1c1cccc(O)c1. The van der Waals surface area contributed by atoms with Crippen molar-refractivity contribution < 1.29 is 23.1 Å². The van der Waals surface area contributed by atoms with Crippen LogP contribution in [0.1, 0.15) is 16.5 Å². The standard InChI is InChI=1S/C16H12F3NO2S/c17-16(18,19)11-4-1-3-10(7-11)15-20(14(22)9-23-15)12-5-2-6-13(21)8-12/h1-8,15,21H,9H2. The molecule has 3 nitrogen and oxygen atoms in total. The fourth-order valence-electron chi connectivity index (χ4n) is 2.46. The average Bonchev–Trinajstić information content (AvgIpc) is 2.88. The molecular weight excluding hydrogens is 327 g/mol. The Balaban J connectivity index is 2.00. The van der Waals surface area contributed by atoms with E-state index in [0.29, 0.717) is 11.3 Å². The average molecular weight is 339 g/mol. The first kappa shape index (κ1) is 15.7. The fraction of sp³-hybridized carbons (Fsp3) is 0.188. The Labute approximate surface area is 134 Å². The van der Waals surface area contributed by atoms with Crippen molar-refractivity contribution in [1.29, 1.82) is 0 Å². The summed E-state index contributed by atoms with van der Waals surface area (Å²) in [5.74, 6) is -0.0330. The molecule has 1 heterocycles. The van der Waals surface area contributed by atoms with Crippen molar-refractivity contribution in [3.63, 3.8) is 0 Å². The van der Waals surface area contributed by atoms with Gasteiger partial charge in [0.25, 0.3) is 0 Å². The lowest BCUT2D eigenvalue weighted by Crippen LogP contribution is -2.27. The summed E-state index contributed by atoms with van der Waals surface area (Å²) in [6.45, 7) is 0. The van der Waals surface area contributed by atoms with E-state index in [1.54, 1.807) is 18.2 Å².